The molecule has 1 aromatic carbocycles. The van der Waals surface area contributed by atoms with E-state index in [1.165, 1.54) is 0 Å². The molecule has 7 heteroatoms. The number of anilines is 1. The lowest BCUT2D eigenvalue weighted by Gasteiger charge is -2.14. The number of hydrogen-bond acceptors (Lipinski definition) is 4. The Kier molecular flexibility index (Phi) is 5.69. The van der Waals surface area contributed by atoms with Crippen LogP contribution in [-0.2, 0) is 5.41 Å². The number of amides is 1. The van der Waals surface area contributed by atoms with Crippen molar-refractivity contribution in [3.05, 3.63) is 36.0 Å². The average Bonchev–Trinajstić information content (AvgIpc) is 2.90. The van der Waals surface area contributed by atoms with Crippen LogP contribution in [0.5, 0.6) is 5.75 Å². The topological polar surface area (TPSA) is 79.6 Å². The first-order chi connectivity index (χ1) is 11.7. The zero-order valence-corrected chi connectivity index (χ0v) is 15.4. The summed E-state index contributed by atoms with van der Waals surface area (Å²) >= 11 is 0. The van der Waals surface area contributed by atoms with Crippen molar-refractivity contribution in [2.75, 3.05) is 32.6 Å². The number of nitrogens with zero attached hydrogens (tertiary/aromatic N) is 3. The average molecular weight is 346 g/mol. The fraction of sp³-hybridized carbons (Fsp3) is 0.444. The Labute approximate surface area is 148 Å². The van der Waals surface area contributed by atoms with Crippen LogP contribution in [0.2, 0.25) is 0 Å². The molecule has 0 spiro atoms. The van der Waals surface area contributed by atoms with Crippen molar-refractivity contribution in [2.45, 2.75) is 26.2 Å². The van der Waals surface area contributed by atoms with E-state index >= 15 is 0 Å². The summed E-state index contributed by atoms with van der Waals surface area (Å²) in [6.07, 6.45) is -1.13. The van der Waals surface area contributed by atoms with E-state index in [2.05, 4.69) is 10.4 Å². The quantitative estimate of drug-likeness (QED) is 0.840. The van der Waals surface area contributed by atoms with E-state index in [0.717, 1.165) is 17.9 Å². The van der Waals surface area contributed by atoms with Crippen LogP contribution in [0.3, 0.4) is 0 Å². The Balaban J connectivity index is 2.33. The van der Waals surface area contributed by atoms with Crippen LogP contribution in [0, 0.1) is 0 Å². The number of likely N-dealkylation sites (N-methyl/N-ethyl adjacent to an activating group) is 1. The third kappa shape index (κ3) is 5.22. The summed E-state index contributed by atoms with van der Waals surface area (Å²) in [5, 5.41) is 16.1. The van der Waals surface area contributed by atoms with Crippen LogP contribution in [0.4, 0.5) is 10.6 Å². The van der Waals surface area contributed by atoms with Crippen LogP contribution in [0.1, 0.15) is 26.5 Å². The first kappa shape index (κ1) is 18.8. The lowest BCUT2D eigenvalue weighted by molar-refractivity contribution is 0.209. The highest BCUT2D eigenvalue weighted by Gasteiger charge is 2.21. The molecule has 25 heavy (non-hydrogen) atoms. The van der Waals surface area contributed by atoms with Gasteiger partial charge in [-0.05, 0) is 26.2 Å². The number of carbonyl (C=O) groups is 1. The van der Waals surface area contributed by atoms with Gasteiger partial charge in [0.25, 0.3) is 0 Å². The molecule has 0 aliphatic rings. The van der Waals surface area contributed by atoms with E-state index in [1.807, 2.05) is 64.0 Å². The summed E-state index contributed by atoms with van der Waals surface area (Å²) in [5.41, 5.74) is 1.34. The molecule has 0 bridgehead atoms. The fourth-order valence-electron chi connectivity index (χ4n) is 2.19. The molecule has 0 aliphatic carbocycles. The minimum atomic E-state index is -1.13. The van der Waals surface area contributed by atoms with Crippen LogP contribution < -0.4 is 10.1 Å². The van der Waals surface area contributed by atoms with Gasteiger partial charge in [0.15, 0.2) is 0 Å². The van der Waals surface area contributed by atoms with Crippen molar-refractivity contribution in [3.8, 4) is 11.4 Å². The summed E-state index contributed by atoms with van der Waals surface area (Å²) < 4.78 is 7.35. The second kappa shape index (κ2) is 7.57. The third-order valence-electron chi connectivity index (χ3n) is 3.58. The Morgan fingerprint density at radius 1 is 1.32 bits per heavy atom. The maximum atomic E-state index is 11.1. The van der Waals surface area contributed by atoms with Gasteiger partial charge >= 0.3 is 6.09 Å². The molecule has 2 rings (SSSR count). The largest absolute Gasteiger partial charge is 0.492 e. The van der Waals surface area contributed by atoms with Crippen molar-refractivity contribution in [1.29, 1.82) is 0 Å². The number of nitrogens with one attached hydrogen (secondary N) is 1. The van der Waals surface area contributed by atoms with Gasteiger partial charge in [-0.25, -0.2) is 9.48 Å². The highest BCUT2D eigenvalue weighted by atomic mass is 16.5. The van der Waals surface area contributed by atoms with Gasteiger partial charge in [0.05, 0.1) is 11.4 Å². The van der Waals surface area contributed by atoms with E-state index in [-0.39, 0.29) is 5.41 Å². The van der Waals surface area contributed by atoms with E-state index in [4.69, 9.17) is 9.84 Å². The van der Waals surface area contributed by atoms with Crippen molar-refractivity contribution >= 4 is 11.9 Å². The fourth-order valence-corrected chi connectivity index (χ4v) is 2.19. The summed E-state index contributed by atoms with van der Waals surface area (Å²) in [4.78, 5) is 13.1. The number of benzene rings is 1. The molecule has 0 fully saturated rings. The molecule has 136 valence electrons. The van der Waals surface area contributed by atoms with Crippen molar-refractivity contribution in [1.82, 2.24) is 14.7 Å². The minimum Gasteiger partial charge on any atom is -0.492 e. The van der Waals surface area contributed by atoms with E-state index in [1.54, 1.807) is 10.7 Å². The van der Waals surface area contributed by atoms with Crippen molar-refractivity contribution in [3.63, 3.8) is 0 Å². The molecular formula is C18H26N4O3. The highest BCUT2D eigenvalue weighted by molar-refractivity contribution is 5.82. The Morgan fingerprint density at radius 3 is 2.64 bits per heavy atom. The minimum absolute atomic E-state index is 0.194. The van der Waals surface area contributed by atoms with E-state index in [9.17, 15) is 4.79 Å². The van der Waals surface area contributed by atoms with Gasteiger partial charge in [-0.15, -0.1) is 0 Å². The molecule has 2 aromatic rings. The van der Waals surface area contributed by atoms with Gasteiger partial charge in [0, 0.05) is 24.1 Å². The molecule has 1 amide bonds. The number of ether oxygens (including phenoxy) is 1. The summed E-state index contributed by atoms with van der Waals surface area (Å²) in [5.74, 6) is 1.12. The van der Waals surface area contributed by atoms with Crippen LogP contribution in [0.25, 0.3) is 5.69 Å². The Hall–Kier alpha value is -2.54. The maximum absolute atomic E-state index is 11.1. The molecule has 0 unspecified atom stereocenters. The Morgan fingerprint density at radius 2 is 2.04 bits per heavy atom. The molecule has 1 aromatic heterocycles. The number of aromatic nitrogens is 2. The maximum Gasteiger partial charge on any atom is 0.410 e. The van der Waals surface area contributed by atoms with E-state index in [0.29, 0.717) is 18.2 Å². The molecule has 0 aliphatic heterocycles. The summed E-state index contributed by atoms with van der Waals surface area (Å²) in [6.45, 7) is 7.48. The van der Waals surface area contributed by atoms with Gasteiger partial charge in [-0.1, -0.05) is 26.8 Å². The normalized spacial score (nSPS) is 11.6. The first-order valence-electron chi connectivity index (χ1n) is 8.15. The molecule has 0 radical (unpaired) electrons. The zero-order valence-electron chi connectivity index (χ0n) is 15.4. The Bertz CT molecular complexity index is 732. The molecule has 0 saturated heterocycles. The smallest absolute Gasteiger partial charge is 0.410 e. The number of rotatable bonds is 6. The molecule has 0 atom stereocenters. The second-order valence-corrected chi connectivity index (χ2v) is 7.16. The van der Waals surface area contributed by atoms with Crippen LogP contribution >= 0.6 is 0 Å². The summed E-state index contributed by atoms with van der Waals surface area (Å²) in [7, 11) is 3.97. The standard InChI is InChI=1S/C18H26N4O3/c1-18(2,3)15-12-16(19-17(23)24)22(20-15)13-7-6-8-14(11-13)25-10-9-21(4)5/h6-8,11-12,19H,9-10H2,1-5H3,(H,23,24). The lowest BCUT2D eigenvalue weighted by atomic mass is 9.92. The lowest BCUT2D eigenvalue weighted by Crippen LogP contribution is -2.19. The van der Waals surface area contributed by atoms with Gasteiger partial charge in [-0.3, -0.25) is 5.32 Å². The zero-order chi connectivity index (χ0) is 18.6. The van der Waals surface area contributed by atoms with Gasteiger partial charge < -0.3 is 14.7 Å². The third-order valence-corrected chi connectivity index (χ3v) is 3.58. The highest BCUT2D eigenvalue weighted by Crippen LogP contribution is 2.27. The van der Waals surface area contributed by atoms with Crippen LogP contribution in [0.15, 0.2) is 30.3 Å². The molecular weight excluding hydrogens is 320 g/mol. The molecule has 0 saturated carbocycles. The summed E-state index contributed by atoms with van der Waals surface area (Å²) in [6, 6.07) is 9.21. The van der Waals surface area contributed by atoms with Crippen molar-refractivity contribution < 1.29 is 14.6 Å². The van der Waals surface area contributed by atoms with Crippen molar-refractivity contribution in [2.24, 2.45) is 0 Å². The number of hydrogen-bond donors (Lipinski definition) is 2. The predicted octanol–water partition coefficient (Wildman–Crippen LogP) is 3.20. The monoisotopic (exact) mass is 346 g/mol. The van der Waals surface area contributed by atoms with Gasteiger partial charge in [0.2, 0.25) is 0 Å². The molecule has 1 heterocycles. The molecule has 2 N–H and O–H groups in total. The van der Waals surface area contributed by atoms with E-state index < -0.39 is 6.09 Å². The van der Waals surface area contributed by atoms with Gasteiger partial charge in [-0.2, -0.15) is 5.10 Å². The number of carboxylic acid groups (broad SMARTS) is 1. The SMILES string of the molecule is CN(C)CCOc1cccc(-n2nc(C(C)(C)C)cc2NC(=O)O)c1. The first-order valence-corrected chi connectivity index (χ1v) is 8.15. The van der Waals surface area contributed by atoms with Gasteiger partial charge in [0.1, 0.15) is 18.2 Å². The second-order valence-electron chi connectivity index (χ2n) is 7.16. The van der Waals surface area contributed by atoms with Crippen LogP contribution in [-0.4, -0.2) is 53.1 Å². The predicted molar refractivity (Wildman–Crippen MR) is 98.0 cm³/mol. The molecule has 7 nitrogen and oxygen atoms in total.